The van der Waals surface area contributed by atoms with E-state index in [0.29, 0.717) is 24.7 Å². The Morgan fingerprint density at radius 3 is 1.41 bits per heavy atom. The van der Waals surface area contributed by atoms with Crippen LogP contribution in [-0.4, -0.2) is 12.2 Å². The number of rotatable bonds is 11. The van der Waals surface area contributed by atoms with Gasteiger partial charge in [0.1, 0.15) is 0 Å². The zero-order valence-electron chi connectivity index (χ0n) is 17.4. The summed E-state index contributed by atoms with van der Waals surface area (Å²) >= 11 is 6.35. The van der Waals surface area contributed by atoms with Gasteiger partial charge in [0.25, 0.3) is 0 Å². The van der Waals surface area contributed by atoms with Crippen LogP contribution in [0.25, 0.3) is 0 Å². The minimum Gasteiger partial charge on any atom is -0.319 e. The summed E-state index contributed by atoms with van der Waals surface area (Å²) in [5.74, 6) is -9.76. The molecule has 0 N–H and O–H groups in total. The maximum Gasteiger partial charge on any atom is 0.248 e. The fraction of sp³-hybridized carbons (Fsp3) is 0.684. The first-order valence-corrected chi connectivity index (χ1v) is 13.6. The van der Waals surface area contributed by atoms with Crippen LogP contribution < -0.4 is 0 Å². The van der Waals surface area contributed by atoms with Crippen molar-refractivity contribution >= 4 is 28.9 Å². The summed E-state index contributed by atoms with van der Waals surface area (Å²) < 4.78 is 80.1. The van der Waals surface area contributed by atoms with Crippen molar-refractivity contribution in [2.75, 3.05) is 0 Å². The number of benzene rings is 1. The lowest BCUT2D eigenvalue weighted by atomic mass is 10.1. The van der Waals surface area contributed by atoms with Gasteiger partial charge in [0.05, 0.1) is 12.2 Å². The number of halogens is 5. The third kappa shape index (κ3) is 8.09. The van der Waals surface area contributed by atoms with Gasteiger partial charge in [-0.1, -0.05) is 39.1 Å². The number of hydrogen-bond donors (Lipinski definition) is 0. The molecule has 2 nitrogen and oxygen atoms in total. The summed E-state index contributed by atoms with van der Waals surface area (Å²) in [5, 5.41) is 0. The van der Waals surface area contributed by atoms with E-state index in [-0.39, 0.29) is 12.2 Å². The first-order valence-electron chi connectivity index (χ1n) is 9.39. The molecule has 0 saturated carbocycles. The third-order valence-electron chi connectivity index (χ3n) is 3.89. The fourth-order valence-corrected chi connectivity index (χ4v) is 8.09. The van der Waals surface area contributed by atoms with Crippen LogP contribution in [0.15, 0.2) is 0 Å². The molecule has 0 aliphatic carbocycles. The second kappa shape index (κ2) is 11.4. The zero-order chi connectivity index (χ0) is 22.5. The van der Waals surface area contributed by atoms with Gasteiger partial charge in [-0.3, -0.25) is 0 Å². The summed E-state index contributed by atoms with van der Waals surface area (Å²) in [4.78, 5) is 0. The summed E-state index contributed by atoms with van der Waals surface area (Å²) in [5.41, 5.74) is -4.04. The minimum absolute atomic E-state index is 0.282. The quantitative estimate of drug-likeness (QED) is 0.140. The summed E-state index contributed by atoms with van der Waals surface area (Å²) in [6.45, 7) is 11.7. The molecule has 0 aliphatic heterocycles. The van der Waals surface area contributed by atoms with E-state index in [4.69, 9.17) is 20.9 Å². The van der Waals surface area contributed by atoms with Crippen LogP contribution in [0.4, 0.5) is 22.0 Å². The standard InChI is InChI=1S/C19H28F5O2PS2/c1-10(2)7-12(5)25-27(28,26-13(6)8-11(3)4)29-9-14-15(20)17(22)19(24)18(23)16(14)21/h10-13H,7-9H2,1-6H3. The van der Waals surface area contributed by atoms with Crippen LogP contribution in [0, 0.1) is 40.9 Å². The molecule has 29 heavy (non-hydrogen) atoms. The Bertz CT molecular complexity index is 695. The van der Waals surface area contributed by atoms with Gasteiger partial charge in [-0.2, -0.15) is 0 Å². The van der Waals surface area contributed by atoms with Gasteiger partial charge in [-0.15, -0.1) is 0 Å². The van der Waals surface area contributed by atoms with Crippen molar-refractivity contribution in [1.82, 2.24) is 0 Å². The molecule has 0 aromatic heterocycles. The first-order chi connectivity index (χ1) is 13.3. The normalized spacial score (nSPS) is 16.3. The van der Waals surface area contributed by atoms with Gasteiger partial charge >= 0.3 is 0 Å². The van der Waals surface area contributed by atoms with Crippen molar-refractivity contribution in [1.29, 1.82) is 0 Å². The second-order valence-corrected chi connectivity index (χ2v) is 14.1. The van der Waals surface area contributed by atoms with E-state index in [0.717, 1.165) is 11.4 Å². The summed E-state index contributed by atoms with van der Waals surface area (Å²) in [6, 6.07) is 0. The molecule has 1 aromatic carbocycles. The largest absolute Gasteiger partial charge is 0.319 e. The topological polar surface area (TPSA) is 18.5 Å². The molecule has 0 aliphatic rings. The minimum atomic E-state index is -3.11. The molecule has 0 bridgehead atoms. The molecule has 1 aromatic rings. The monoisotopic (exact) mass is 478 g/mol. The average Bonchev–Trinajstić information content (AvgIpc) is 2.56. The Hall–Kier alpha value is -0.210. The third-order valence-corrected chi connectivity index (χ3v) is 9.18. The van der Waals surface area contributed by atoms with Gasteiger partial charge in [0.2, 0.25) is 11.5 Å². The van der Waals surface area contributed by atoms with Gasteiger partial charge in [-0.25, -0.2) is 22.0 Å². The summed E-state index contributed by atoms with van der Waals surface area (Å²) in [7, 11) is 0. The molecular formula is C19H28F5O2PS2. The zero-order valence-corrected chi connectivity index (χ0v) is 19.9. The number of hydrogen-bond acceptors (Lipinski definition) is 4. The molecule has 0 spiro atoms. The predicted molar refractivity (Wildman–Crippen MR) is 112 cm³/mol. The van der Waals surface area contributed by atoms with E-state index >= 15 is 0 Å². The maximum atomic E-state index is 14.0. The van der Waals surface area contributed by atoms with Crippen molar-refractivity contribution in [2.45, 2.75) is 72.3 Å². The van der Waals surface area contributed by atoms with Crippen LogP contribution in [0.3, 0.4) is 0 Å². The summed E-state index contributed by atoms with van der Waals surface area (Å²) in [6.07, 6.45) is 0.805. The van der Waals surface area contributed by atoms with Crippen LogP contribution in [0.2, 0.25) is 0 Å². The van der Waals surface area contributed by atoms with Crippen LogP contribution in [0.1, 0.15) is 59.9 Å². The van der Waals surface area contributed by atoms with E-state index in [1.54, 1.807) is 0 Å². The molecule has 0 heterocycles. The van der Waals surface area contributed by atoms with Crippen LogP contribution in [0.5, 0.6) is 0 Å². The highest BCUT2D eigenvalue weighted by Gasteiger charge is 2.31. The molecule has 2 atom stereocenters. The van der Waals surface area contributed by atoms with Gasteiger partial charge < -0.3 is 9.05 Å². The Labute approximate surface area is 178 Å². The molecular weight excluding hydrogens is 450 g/mol. The van der Waals surface area contributed by atoms with Crippen molar-refractivity contribution in [3.05, 3.63) is 34.6 Å². The van der Waals surface area contributed by atoms with Gasteiger partial charge in [-0.05, 0) is 50.3 Å². The van der Waals surface area contributed by atoms with Crippen molar-refractivity contribution in [3.63, 3.8) is 0 Å². The first kappa shape index (κ1) is 26.8. The molecule has 1 rings (SSSR count). The van der Waals surface area contributed by atoms with Crippen molar-refractivity contribution in [2.24, 2.45) is 11.8 Å². The Balaban J connectivity index is 3.11. The van der Waals surface area contributed by atoms with Gasteiger partial charge in [0, 0.05) is 11.3 Å². The van der Waals surface area contributed by atoms with Crippen molar-refractivity contribution < 1.29 is 31.0 Å². The van der Waals surface area contributed by atoms with E-state index in [1.807, 2.05) is 41.5 Å². The van der Waals surface area contributed by atoms with E-state index < -0.39 is 46.1 Å². The predicted octanol–water partition coefficient (Wildman–Crippen LogP) is 7.74. The highest BCUT2D eigenvalue weighted by Crippen LogP contribution is 2.64. The van der Waals surface area contributed by atoms with E-state index in [9.17, 15) is 22.0 Å². The van der Waals surface area contributed by atoms with Gasteiger partial charge in [0.15, 0.2) is 23.3 Å². The second-order valence-electron chi connectivity index (χ2n) is 7.86. The molecule has 10 heteroatoms. The van der Waals surface area contributed by atoms with E-state index in [1.165, 1.54) is 0 Å². The molecule has 2 unspecified atom stereocenters. The maximum absolute atomic E-state index is 14.0. The highest BCUT2D eigenvalue weighted by molar-refractivity contribution is 8.67. The Morgan fingerprint density at radius 1 is 0.724 bits per heavy atom. The SMILES string of the molecule is CC(C)CC(C)OP(=S)(OC(C)CC(C)C)SCc1c(F)c(F)c(F)c(F)c1F. The Kier molecular flexibility index (Phi) is 10.6. The molecule has 0 amide bonds. The Morgan fingerprint density at radius 2 is 1.07 bits per heavy atom. The molecule has 0 radical (unpaired) electrons. The van der Waals surface area contributed by atoms with Crippen molar-refractivity contribution in [3.8, 4) is 0 Å². The van der Waals surface area contributed by atoms with E-state index in [2.05, 4.69) is 0 Å². The molecule has 168 valence electrons. The highest BCUT2D eigenvalue weighted by atomic mass is 32.9. The molecule has 0 saturated heterocycles. The molecule has 0 fully saturated rings. The van der Waals surface area contributed by atoms with Crippen LogP contribution >= 0.6 is 17.1 Å². The average molecular weight is 479 g/mol. The lowest BCUT2D eigenvalue weighted by Crippen LogP contribution is -2.14. The lowest BCUT2D eigenvalue weighted by molar-refractivity contribution is 0.143. The smallest absolute Gasteiger partial charge is 0.248 e. The fourth-order valence-electron chi connectivity index (χ4n) is 2.86. The van der Waals surface area contributed by atoms with Crippen LogP contribution in [-0.2, 0) is 26.6 Å². The lowest BCUT2D eigenvalue weighted by Gasteiger charge is -2.29.